The zero-order valence-corrected chi connectivity index (χ0v) is 19.0. The number of alkyl carbamates (subject to hydrolysis) is 1. The number of carboxylic acid groups (broad SMARTS) is 1. The lowest BCUT2D eigenvalue weighted by Crippen LogP contribution is -2.55. The molecular weight excluding hydrogens is 414 g/mol. The predicted molar refractivity (Wildman–Crippen MR) is 118 cm³/mol. The fourth-order valence-electron chi connectivity index (χ4n) is 4.81. The molecular formula is C23H33N3O6. The summed E-state index contributed by atoms with van der Waals surface area (Å²) >= 11 is 0. The van der Waals surface area contributed by atoms with Crippen LogP contribution in [0.15, 0.2) is 18.2 Å². The van der Waals surface area contributed by atoms with E-state index in [1.54, 1.807) is 0 Å². The van der Waals surface area contributed by atoms with Gasteiger partial charge in [-0.1, -0.05) is 6.07 Å². The van der Waals surface area contributed by atoms with E-state index in [1.807, 2.05) is 39.0 Å². The molecule has 4 rings (SSSR count). The van der Waals surface area contributed by atoms with Crippen LogP contribution in [-0.4, -0.2) is 66.9 Å². The average Bonchev–Trinajstić information content (AvgIpc) is 3.03. The molecule has 0 aliphatic carbocycles. The van der Waals surface area contributed by atoms with Crippen LogP contribution in [0.25, 0.3) is 0 Å². The number of carbonyl (C=O) groups is 2. The zero-order chi connectivity index (χ0) is 22.9. The van der Waals surface area contributed by atoms with Gasteiger partial charge in [-0.25, -0.2) is 9.59 Å². The summed E-state index contributed by atoms with van der Waals surface area (Å²) < 4.78 is 17.6. The number of amides is 2. The first-order valence-corrected chi connectivity index (χ1v) is 11.3. The Morgan fingerprint density at radius 1 is 1.25 bits per heavy atom. The molecule has 176 valence electrons. The highest BCUT2D eigenvalue weighted by molar-refractivity contribution is 5.69. The van der Waals surface area contributed by atoms with Crippen molar-refractivity contribution in [3.05, 3.63) is 23.8 Å². The highest BCUT2D eigenvalue weighted by Gasteiger charge is 2.49. The Hall–Kier alpha value is -2.68. The molecule has 1 spiro atoms. The van der Waals surface area contributed by atoms with Crippen molar-refractivity contribution in [1.29, 1.82) is 0 Å². The van der Waals surface area contributed by atoms with Crippen molar-refractivity contribution in [2.75, 3.05) is 31.2 Å². The highest BCUT2D eigenvalue weighted by atomic mass is 16.6. The van der Waals surface area contributed by atoms with Gasteiger partial charge in [0, 0.05) is 31.5 Å². The van der Waals surface area contributed by atoms with Crippen LogP contribution >= 0.6 is 0 Å². The van der Waals surface area contributed by atoms with Gasteiger partial charge < -0.3 is 34.9 Å². The lowest BCUT2D eigenvalue weighted by atomic mass is 9.89. The molecule has 2 unspecified atom stereocenters. The van der Waals surface area contributed by atoms with E-state index < -0.39 is 23.4 Å². The van der Waals surface area contributed by atoms with Crippen LogP contribution in [0.4, 0.5) is 15.3 Å². The molecule has 2 fully saturated rings. The van der Waals surface area contributed by atoms with Crippen LogP contribution in [0.3, 0.4) is 0 Å². The van der Waals surface area contributed by atoms with Crippen LogP contribution in [-0.2, 0) is 15.9 Å². The maximum atomic E-state index is 12.5. The first kappa shape index (κ1) is 22.5. The molecule has 3 heterocycles. The summed E-state index contributed by atoms with van der Waals surface area (Å²) in [5, 5.41) is 14.5. The molecule has 2 saturated heterocycles. The topological polar surface area (TPSA) is 109 Å². The maximum Gasteiger partial charge on any atom is 0.408 e. The third-order valence-electron chi connectivity index (χ3n) is 6.22. The Labute approximate surface area is 188 Å². The lowest BCUT2D eigenvalue weighted by Gasteiger charge is -2.38. The molecule has 32 heavy (non-hydrogen) atoms. The molecule has 3 atom stereocenters. The van der Waals surface area contributed by atoms with Crippen molar-refractivity contribution in [1.82, 2.24) is 10.6 Å². The van der Waals surface area contributed by atoms with E-state index in [9.17, 15) is 9.59 Å². The molecule has 0 bridgehead atoms. The molecule has 3 aliphatic rings. The SMILES string of the molecule is CC(C)(C)OC(=O)NC1CN(c2ccc3c(c2)OC[C@H](NC(=O)O)C3)CC12CCCCO2. The van der Waals surface area contributed by atoms with Gasteiger partial charge in [-0.15, -0.1) is 0 Å². The lowest BCUT2D eigenvalue weighted by molar-refractivity contribution is -0.0788. The van der Waals surface area contributed by atoms with Crippen LogP contribution in [0.1, 0.15) is 45.6 Å². The van der Waals surface area contributed by atoms with E-state index in [1.165, 1.54) is 0 Å². The Morgan fingerprint density at radius 3 is 2.75 bits per heavy atom. The molecule has 1 aromatic rings. The minimum Gasteiger partial charge on any atom is -0.491 e. The van der Waals surface area contributed by atoms with Gasteiger partial charge in [-0.2, -0.15) is 0 Å². The second-order valence-corrected chi connectivity index (χ2v) is 9.90. The quantitative estimate of drug-likeness (QED) is 0.654. The molecule has 9 nitrogen and oxygen atoms in total. The third kappa shape index (κ3) is 5.03. The standard InChI is InChI=1S/C23H33N3O6/c1-22(2,3)32-21(29)25-19-12-26(14-23(19)8-4-5-9-31-23)17-7-6-15-10-16(24-20(27)28)13-30-18(15)11-17/h6-7,11,16,19,24H,4-5,8-10,12-14H2,1-3H3,(H,25,29)(H,27,28)/t16-,19?,23?/m1/s1. The fraction of sp³-hybridized carbons (Fsp3) is 0.652. The van der Waals surface area contributed by atoms with Gasteiger partial charge in [-0.3, -0.25) is 0 Å². The number of nitrogens with one attached hydrogen (secondary N) is 2. The fourth-order valence-corrected chi connectivity index (χ4v) is 4.81. The molecule has 9 heteroatoms. The number of fused-ring (bicyclic) bond motifs is 1. The molecule has 2 amide bonds. The minimum atomic E-state index is -1.04. The van der Waals surface area contributed by atoms with Crippen molar-refractivity contribution in [3.63, 3.8) is 0 Å². The van der Waals surface area contributed by atoms with Gasteiger partial charge in [0.2, 0.25) is 0 Å². The van der Waals surface area contributed by atoms with E-state index in [0.717, 1.165) is 36.3 Å². The monoisotopic (exact) mass is 447 g/mol. The Kier molecular flexibility index (Phi) is 6.11. The number of ether oxygens (including phenoxy) is 3. The summed E-state index contributed by atoms with van der Waals surface area (Å²) in [5.41, 5.74) is 0.967. The highest BCUT2D eigenvalue weighted by Crippen LogP contribution is 2.38. The van der Waals surface area contributed by atoms with Gasteiger partial charge in [0.15, 0.2) is 0 Å². The van der Waals surface area contributed by atoms with Crippen molar-refractivity contribution in [3.8, 4) is 5.75 Å². The average molecular weight is 448 g/mol. The first-order valence-electron chi connectivity index (χ1n) is 11.3. The van der Waals surface area contributed by atoms with Crippen molar-refractivity contribution in [2.45, 2.75) is 69.7 Å². The first-order chi connectivity index (χ1) is 15.1. The number of carbonyl (C=O) groups excluding carboxylic acids is 1. The number of hydrogen-bond donors (Lipinski definition) is 3. The van der Waals surface area contributed by atoms with Crippen molar-refractivity contribution >= 4 is 17.9 Å². The predicted octanol–water partition coefficient (Wildman–Crippen LogP) is 2.91. The number of hydrogen-bond acceptors (Lipinski definition) is 6. The molecule has 0 aromatic heterocycles. The van der Waals surface area contributed by atoms with E-state index in [0.29, 0.717) is 32.7 Å². The summed E-state index contributed by atoms with van der Waals surface area (Å²) in [6, 6.07) is 5.58. The van der Waals surface area contributed by atoms with Crippen LogP contribution in [0, 0.1) is 0 Å². The molecule has 3 aliphatic heterocycles. The Bertz CT molecular complexity index is 862. The number of nitrogens with zero attached hydrogens (tertiary/aromatic N) is 1. The van der Waals surface area contributed by atoms with E-state index >= 15 is 0 Å². The Balaban J connectivity index is 1.49. The van der Waals surface area contributed by atoms with E-state index in [4.69, 9.17) is 19.3 Å². The minimum absolute atomic E-state index is 0.182. The summed E-state index contributed by atoms with van der Waals surface area (Å²) in [7, 11) is 0. The largest absolute Gasteiger partial charge is 0.491 e. The number of anilines is 1. The Morgan fingerprint density at radius 2 is 2.06 bits per heavy atom. The van der Waals surface area contributed by atoms with Gasteiger partial charge in [0.1, 0.15) is 23.6 Å². The summed E-state index contributed by atoms with van der Waals surface area (Å²) in [6.07, 6.45) is 2.09. The van der Waals surface area contributed by atoms with Crippen molar-refractivity contribution < 1.29 is 28.9 Å². The normalized spacial score (nSPS) is 27.4. The second-order valence-electron chi connectivity index (χ2n) is 9.90. The van der Waals surface area contributed by atoms with Crippen LogP contribution < -0.4 is 20.3 Å². The molecule has 3 N–H and O–H groups in total. The smallest absolute Gasteiger partial charge is 0.408 e. The molecule has 0 saturated carbocycles. The summed E-state index contributed by atoms with van der Waals surface area (Å²) in [4.78, 5) is 25.6. The maximum absolute atomic E-state index is 12.5. The van der Waals surface area contributed by atoms with Crippen molar-refractivity contribution in [2.24, 2.45) is 0 Å². The second kappa shape index (κ2) is 8.69. The molecule has 0 radical (unpaired) electrons. The summed E-state index contributed by atoms with van der Waals surface area (Å²) in [6.45, 7) is 7.83. The van der Waals surface area contributed by atoms with E-state index in [-0.39, 0.29) is 12.1 Å². The van der Waals surface area contributed by atoms with Crippen LogP contribution in [0.5, 0.6) is 5.75 Å². The van der Waals surface area contributed by atoms with Crippen LogP contribution in [0.2, 0.25) is 0 Å². The van der Waals surface area contributed by atoms with Gasteiger partial charge in [0.05, 0.1) is 12.1 Å². The molecule has 1 aromatic carbocycles. The van der Waals surface area contributed by atoms with E-state index in [2.05, 4.69) is 15.5 Å². The number of benzene rings is 1. The summed E-state index contributed by atoms with van der Waals surface area (Å²) in [5.74, 6) is 0.771. The third-order valence-corrected chi connectivity index (χ3v) is 6.22. The van der Waals surface area contributed by atoms with Gasteiger partial charge in [0.25, 0.3) is 0 Å². The zero-order valence-electron chi connectivity index (χ0n) is 19.0. The number of rotatable bonds is 3. The van der Waals surface area contributed by atoms with Gasteiger partial charge >= 0.3 is 12.2 Å². The van der Waals surface area contributed by atoms with Gasteiger partial charge in [-0.05, 0) is 58.1 Å².